The van der Waals surface area contributed by atoms with E-state index in [1.807, 2.05) is 19.9 Å². The second-order valence-corrected chi connectivity index (χ2v) is 6.26. The van der Waals surface area contributed by atoms with Crippen molar-refractivity contribution in [2.75, 3.05) is 12.1 Å². The molecule has 1 aliphatic heterocycles. The van der Waals surface area contributed by atoms with Crippen LogP contribution in [0.2, 0.25) is 0 Å². The largest absolute Gasteiger partial charge is 0.500 e. The topological polar surface area (TPSA) is 122 Å². The molecule has 0 aromatic heterocycles. The van der Waals surface area contributed by atoms with Crippen molar-refractivity contribution in [1.82, 2.24) is 5.43 Å². The Morgan fingerprint density at radius 2 is 1.89 bits per heavy atom. The number of rotatable bonds is 4. The molecule has 9 nitrogen and oxygen atoms in total. The number of phenolic OH excluding ortho intramolecular Hbond substituents is 1. The number of benzene rings is 2. The molecular weight excluding hydrogens is 366 g/mol. The fraction of sp³-hybridized carbons (Fsp3) is 0.158. The molecule has 28 heavy (non-hydrogen) atoms. The summed E-state index contributed by atoms with van der Waals surface area (Å²) in [4.78, 5) is 35.4. The number of aryl methyl sites for hydroxylation is 2. The zero-order chi connectivity index (χ0) is 20.6. The Hall–Kier alpha value is -3.88. The monoisotopic (exact) mass is 383 g/mol. The average molecular weight is 383 g/mol. The predicted octanol–water partition coefficient (Wildman–Crippen LogP) is 2.39. The van der Waals surface area contributed by atoms with Gasteiger partial charge in [0.1, 0.15) is 5.57 Å². The number of aromatic hydroxyl groups is 1. The summed E-state index contributed by atoms with van der Waals surface area (Å²) in [6.45, 7) is 3.82. The first-order valence-corrected chi connectivity index (χ1v) is 8.22. The van der Waals surface area contributed by atoms with Gasteiger partial charge in [-0.25, -0.2) is 5.01 Å². The molecule has 1 heterocycles. The summed E-state index contributed by atoms with van der Waals surface area (Å²) in [7, 11) is 1.24. The van der Waals surface area contributed by atoms with E-state index in [4.69, 9.17) is 4.74 Å². The first-order valence-electron chi connectivity index (χ1n) is 8.22. The Balaban J connectivity index is 2.02. The highest BCUT2D eigenvalue weighted by Gasteiger charge is 2.35. The van der Waals surface area contributed by atoms with E-state index in [0.29, 0.717) is 5.69 Å². The lowest BCUT2D eigenvalue weighted by Crippen LogP contribution is -2.35. The Morgan fingerprint density at radius 1 is 1.18 bits per heavy atom. The molecule has 1 fully saturated rings. The van der Waals surface area contributed by atoms with Crippen molar-refractivity contribution in [2.45, 2.75) is 13.8 Å². The minimum atomic E-state index is -0.780. The molecule has 0 aliphatic carbocycles. The molecule has 0 unspecified atom stereocenters. The van der Waals surface area contributed by atoms with Gasteiger partial charge in [0, 0.05) is 6.07 Å². The lowest BCUT2D eigenvalue weighted by atomic mass is 10.1. The number of anilines is 1. The lowest BCUT2D eigenvalue weighted by Gasteiger charge is -2.16. The highest BCUT2D eigenvalue weighted by atomic mass is 16.6. The van der Waals surface area contributed by atoms with Gasteiger partial charge in [-0.05, 0) is 54.8 Å². The summed E-state index contributed by atoms with van der Waals surface area (Å²) < 4.78 is 4.93. The van der Waals surface area contributed by atoms with E-state index in [9.17, 15) is 24.8 Å². The molecule has 2 aromatic rings. The summed E-state index contributed by atoms with van der Waals surface area (Å²) in [5, 5.41) is 22.1. The van der Waals surface area contributed by atoms with E-state index in [2.05, 4.69) is 5.43 Å². The van der Waals surface area contributed by atoms with Crippen LogP contribution < -0.4 is 15.2 Å². The summed E-state index contributed by atoms with van der Waals surface area (Å²) in [5.74, 6) is -2.01. The van der Waals surface area contributed by atoms with Crippen LogP contribution in [0.3, 0.4) is 0 Å². The molecule has 2 N–H and O–H groups in total. The van der Waals surface area contributed by atoms with Gasteiger partial charge in [0.2, 0.25) is 5.75 Å². The number of hydrazine groups is 1. The Labute approximate surface area is 160 Å². The second kappa shape index (κ2) is 7.03. The normalized spacial score (nSPS) is 15.1. The molecule has 2 amide bonds. The third kappa shape index (κ3) is 3.25. The third-order valence-electron chi connectivity index (χ3n) is 4.44. The van der Waals surface area contributed by atoms with E-state index in [-0.39, 0.29) is 16.9 Å². The highest BCUT2D eigenvalue weighted by Crippen LogP contribution is 2.37. The average Bonchev–Trinajstić information content (AvgIpc) is 2.93. The van der Waals surface area contributed by atoms with Gasteiger partial charge in [0.15, 0.2) is 5.75 Å². The smallest absolute Gasteiger partial charge is 0.315 e. The van der Waals surface area contributed by atoms with Crippen LogP contribution in [-0.4, -0.2) is 29.0 Å². The molecule has 0 atom stereocenters. The van der Waals surface area contributed by atoms with Crippen LogP contribution in [-0.2, 0) is 9.59 Å². The Bertz CT molecular complexity index is 1040. The standard InChI is InChI=1S/C19H17N3O6/c1-10-4-5-13(6-11(10)2)21-19(25)14(18(24)20-21)7-12-8-15(22(26)27)17(23)16(9-12)28-3/h4-9,23H,1-3H3,(H,20,24)/b14-7-. The molecule has 0 radical (unpaired) electrons. The molecule has 0 spiro atoms. The number of ether oxygens (including phenoxy) is 1. The number of methoxy groups -OCH3 is 1. The van der Waals surface area contributed by atoms with E-state index in [1.54, 1.807) is 12.1 Å². The van der Waals surface area contributed by atoms with Crippen molar-refractivity contribution in [3.8, 4) is 11.5 Å². The summed E-state index contributed by atoms with van der Waals surface area (Å²) in [5.41, 5.74) is 4.35. The fourth-order valence-corrected chi connectivity index (χ4v) is 2.76. The van der Waals surface area contributed by atoms with E-state index in [0.717, 1.165) is 22.2 Å². The maximum atomic E-state index is 12.7. The zero-order valence-electron chi connectivity index (χ0n) is 15.3. The number of nitrogens with zero attached hydrogens (tertiary/aromatic N) is 2. The minimum Gasteiger partial charge on any atom is -0.500 e. The van der Waals surface area contributed by atoms with Gasteiger partial charge in [0.05, 0.1) is 17.7 Å². The van der Waals surface area contributed by atoms with Gasteiger partial charge >= 0.3 is 5.69 Å². The summed E-state index contributed by atoms with van der Waals surface area (Å²) in [6, 6.07) is 7.67. The van der Waals surface area contributed by atoms with Crippen LogP contribution in [0.5, 0.6) is 11.5 Å². The zero-order valence-corrected chi connectivity index (χ0v) is 15.3. The van der Waals surface area contributed by atoms with Gasteiger partial charge in [0.25, 0.3) is 11.8 Å². The van der Waals surface area contributed by atoms with Crippen LogP contribution in [0.15, 0.2) is 35.9 Å². The minimum absolute atomic E-state index is 0.141. The molecule has 2 aromatic carbocycles. The molecule has 9 heteroatoms. The number of nitro benzene ring substituents is 1. The van der Waals surface area contributed by atoms with Crippen LogP contribution in [0.1, 0.15) is 16.7 Å². The van der Waals surface area contributed by atoms with Gasteiger partial charge in [-0.1, -0.05) is 6.07 Å². The van der Waals surface area contributed by atoms with Crippen molar-refractivity contribution in [3.63, 3.8) is 0 Å². The second-order valence-electron chi connectivity index (χ2n) is 6.26. The lowest BCUT2D eigenvalue weighted by molar-refractivity contribution is -0.386. The first kappa shape index (κ1) is 18.9. The highest BCUT2D eigenvalue weighted by molar-refractivity contribution is 6.31. The number of nitrogens with one attached hydrogen (secondary N) is 1. The van der Waals surface area contributed by atoms with Crippen molar-refractivity contribution >= 4 is 29.3 Å². The van der Waals surface area contributed by atoms with E-state index < -0.39 is 28.2 Å². The van der Waals surface area contributed by atoms with Crippen LogP contribution in [0, 0.1) is 24.0 Å². The molecule has 3 rings (SSSR count). The van der Waals surface area contributed by atoms with Crippen molar-refractivity contribution in [2.24, 2.45) is 0 Å². The SMILES string of the molecule is COc1cc(/C=C2/C(=O)NN(c3ccc(C)c(C)c3)C2=O)cc([N+](=O)[O-])c1O. The van der Waals surface area contributed by atoms with Crippen molar-refractivity contribution < 1.29 is 24.4 Å². The molecule has 144 valence electrons. The number of nitro groups is 1. The Morgan fingerprint density at radius 3 is 2.50 bits per heavy atom. The molecule has 0 saturated carbocycles. The molecule has 0 bridgehead atoms. The van der Waals surface area contributed by atoms with Crippen LogP contribution in [0.25, 0.3) is 6.08 Å². The van der Waals surface area contributed by atoms with E-state index in [1.165, 1.54) is 19.3 Å². The van der Waals surface area contributed by atoms with Gasteiger partial charge in [-0.2, -0.15) is 0 Å². The fourth-order valence-electron chi connectivity index (χ4n) is 2.76. The quantitative estimate of drug-likeness (QED) is 0.362. The first-order chi connectivity index (χ1) is 13.2. The molecular formula is C19H17N3O6. The van der Waals surface area contributed by atoms with E-state index >= 15 is 0 Å². The number of hydrogen-bond acceptors (Lipinski definition) is 6. The maximum Gasteiger partial charge on any atom is 0.315 e. The number of carbonyl (C=O) groups excluding carboxylic acids is 2. The van der Waals surface area contributed by atoms with Gasteiger partial charge < -0.3 is 9.84 Å². The van der Waals surface area contributed by atoms with Gasteiger partial charge in [-0.3, -0.25) is 25.1 Å². The van der Waals surface area contributed by atoms with Crippen molar-refractivity contribution in [1.29, 1.82) is 0 Å². The predicted molar refractivity (Wildman–Crippen MR) is 101 cm³/mol. The number of hydrogen-bond donors (Lipinski definition) is 2. The molecule has 1 saturated heterocycles. The summed E-state index contributed by atoms with van der Waals surface area (Å²) in [6.07, 6.45) is 1.22. The van der Waals surface area contributed by atoms with Crippen LogP contribution in [0.4, 0.5) is 11.4 Å². The van der Waals surface area contributed by atoms with Crippen molar-refractivity contribution in [3.05, 3.63) is 62.7 Å². The summed E-state index contributed by atoms with van der Waals surface area (Å²) >= 11 is 0. The Kier molecular flexibility index (Phi) is 4.74. The number of phenols is 1. The van der Waals surface area contributed by atoms with Gasteiger partial charge in [-0.15, -0.1) is 0 Å². The molecule has 1 aliphatic rings. The third-order valence-corrected chi connectivity index (χ3v) is 4.44. The van der Waals surface area contributed by atoms with Crippen LogP contribution >= 0.6 is 0 Å². The maximum absolute atomic E-state index is 12.7. The number of carbonyl (C=O) groups is 2. The number of amides is 2.